The molecule has 0 saturated carbocycles. The molecule has 536 valence electrons. The minimum absolute atomic E-state index is 0. The van der Waals surface area contributed by atoms with E-state index in [-0.39, 0.29) is 56.0 Å². The molecule has 22 heteroatoms. The number of morpholine rings is 3. The van der Waals surface area contributed by atoms with Gasteiger partial charge in [0.05, 0.1) is 75.9 Å². The predicted molar refractivity (Wildman–Crippen MR) is 386 cm³/mol. The Kier molecular flexibility index (Phi) is 42.1. The smallest absolute Gasteiger partial charge is 0.339 e. The maximum absolute atomic E-state index is 12.3. The molecule has 1 atom stereocenters. The van der Waals surface area contributed by atoms with Crippen LogP contribution < -0.4 is 5.73 Å². The molecule has 98 heavy (non-hydrogen) atoms. The lowest BCUT2D eigenvalue weighted by Crippen LogP contribution is -2.37. The van der Waals surface area contributed by atoms with E-state index in [0.717, 1.165) is 177 Å². The number of nitrogens with zero attached hydrogens (tertiary/aromatic N) is 5. The summed E-state index contributed by atoms with van der Waals surface area (Å²) in [6.45, 7) is 29.6. The number of carboxylic acids is 1. The zero-order chi connectivity index (χ0) is 70.7. The number of nitrogens with two attached hydrogens (primary N) is 1. The van der Waals surface area contributed by atoms with Crippen molar-refractivity contribution < 1.29 is 71.9 Å². The fraction of sp³-hybridized carbons (Fsp3) is 0.474. The lowest BCUT2D eigenvalue weighted by atomic mass is 9.95. The molecular weight excluding hydrogens is 1320 g/mol. The van der Waals surface area contributed by atoms with E-state index >= 15 is 0 Å². The standard InChI is InChI=1S/C21H28N2O3.C19H24N2O3.C14H16O4.C8H7BrO.C7H16N2O.C6H10O3.CH4/c1-3-26-21(24)19-16-20(18-8-5-4-6-9-18)23(17(19)2)11-7-10-22-12-14-25-15-13-22;1-15-17(19(22)23)14-18(16-6-3-2-4-7-16)21(15)9-5-8-20-10-12-24-13-11-20;1-3-18-14(17)12(10(2)15)9-13(16)11-7-5-4-6-8-11;9-6-8(10)7-4-2-1-3-5-7;8-2-1-3-9-4-6-10-7-5-9;1-3-9-6(8)4-5(2)7;/h4-6,8-9,16H,3,7,10-15H2,1-2H3;2-4,6-7,14H,5,8-13H2,1H3,(H,22,23);4-8,12H,3,9H2,1-2H3;1-5H,6H2;1-8H2;3-4H2,1-2H3;1H4. The lowest BCUT2D eigenvalue weighted by molar-refractivity contribution is -0.151. The van der Waals surface area contributed by atoms with Crippen LogP contribution in [0.15, 0.2) is 133 Å². The van der Waals surface area contributed by atoms with Crippen molar-refractivity contribution in [3.05, 3.63) is 167 Å². The van der Waals surface area contributed by atoms with E-state index in [1.807, 2.05) is 106 Å². The zero-order valence-electron chi connectivity index (χ0n) is 57.7. The molecule has 1 unspecified atom stereocenters. The number of hydrogen-bond donors (Lipinski definition) is 2. The Morgan fingerprint density at radius 3 is 1.27 bits per heavy atom. The first-order valence-corrected chi connectivity index (χ1v) is 34.6. The molecule has 3 aliphatic rings. The molecule has 3 saturated heterocycles. The molecule has 0 aliphatic carbocycles. The van der Waals surface area contributed by atoms with E-state index in [4.69, 9.17) is 29.4 Å². The van der Waals surface area contributed by atoms with Gasteiger partial charge in [0.2, 0.25) is 0 Å². The molecule has 3 aliphatic heterocycles. The van der Waals surface area contributed by atoms with Crippen molar-refractivity contribution in [3.8, 4) is 22.5 Å². The topological polar surface area (TPSA) is 258 Å². The molecule has 2 aromatic heterocycles. The van der Waals surface area contributed by atoms with Crippen molar-refractivity contribution >= 4 is 62.9 Å². The number of carboxylic acid groups (broad SMARTS) is 1. The summed E-state index contributed by atoms with van der Waals surface area (Å²) < 4.78 is 34.9. The SMILES string of the molecule is C.CCOC(=O)C(CC(=O)c1ccccc1)C(C)=O.CCOC(=O)CC(C)=O.CCOC(=O)c1cc(-c2ccccc2)n(CCCN2CCOCC2)c1C.Cc1c(C(=O)O)cc(-c2ccccc2)n1CCCN1CCOCC1.NCCCN1CCOCC1.O=C(CBr)c1ccccc1. The van der Waals surface area contributed by atoms with Gasteiger partial charge < -0.3 is 48.4 Å². The summed E-state index contributed by atoms with van der Waals surface area (Å²) in [5.74, 6) is -3.79. The number of ketones is 4. The van der Waals surface area contributed by atoms with Crippen molar-refractivity contribution in [3.63, 3.8) is 0 Å². The first-order chi connectivity index (χ1) is 46.9. The van der Waals surface area contributed by atoms with E-state index < -0.39 is 23.8 Å². The van der Waals surface area contributed by atoms with Crippen LogP contribution in [0, 0.1) is 19.8 Å². The number of ether oxygens (including phenoxy) is 6. The van der Waals surface area contributed by atoms with Crippen LogP contribution in [0.1, 0.15) is 127 Å². The summed E-state index contributed by atoms with van der Waals surface area (Å²) >= 11 is 3.10. The van der Waals surface area contributed by atoms with Gasteiger partial charge in [-0.1, -0.05) is 145 Å². The van der Waals surface area contributed by atoms with Crippen molar-refractivity contribution in [1.29, 1.82) is 0 Å². The van der Waals surface area contributed by atoms with Gasteiger partial charge in [0.25, 0.3) is 0 Å². The molecule has 6 aromatic rings. The highest BCUT2D eigenvalue weighted by atomic mass is 79.9. The van der Waals surface area contributed by atoms with Crippen molar-refractivity contribution in [2.45, 2.75) is 101 Å². The number of carbonyl (C=O) groups is 8. The summed E-state index contributed by atoms with van der Waals surface area (Å²) in [6.07, 6.45) is 2.90. The minimum Gasteiger partial charge on any atom is -0.478 e. The summed E-state index contributed by atoms with van der Waals surface area (Å²) in [7, 11) is 0. The number of carbonyl (C=O) groups excluding carboxylic acids is 7. The molecule has 21 nitrogen and oxygen atoms in total. The van der Waals surface area contributed by atoms with Crippen LogP contribution in [-0.2, 0) is 60.7 Å². The van der Waals surface area contributed by atoms with Crippen LogP contribution in [0.3, 0.4) is 0 Å². The van der Waals surface area contributed by atoms with Crippen LogP contribution in [0.4, 0.5) is 0 Å². The van der Waals surface area contributed by atoms with Crippen molar-refractivity contribution in [2.75, 3.05) is 130 Å². The van der Waals surface area contributed by atoms with Crippen molar-refractivity contribution in [1.82, 2.24) is 23.8 Å². The molecule has 4 aromatic carbocycles. The van der Waals surface area contributed by atoms with Gasteiger partial charge in [0.15, 0.2) is 11.6 Å². The van der Waals surface area contributed by atoms with Gasteiger partial charge in [0.1, 0.15) is 23.9 Å². The maximum Gasteiger partial charge on any atom is 0.339 e. The normalized spacial score (nSPS) is 13.9. The average Bonchev–Trinajstić information content (AvgIpc) is 1.66. The molecule has 3 fully saturated rings. The van der Waals surface area contributed by atoms with Gasteiger partial charge in [-0.25, -0.2) is 9.59 Å². The number of esters is 3. The fourth-order valence-corrected chi connectivity index (χ4v) is 10.9. The Labute approximate surface area is 588 Å². The molecule has 9 rings (SSSR count). The van der Waals surface area contributed by atoms with Crippen LogP contribution in [0.2, 0.25) is 0 Å². The van der Waals surface area contributed by atoms with E-state index in [1.165, 1.54) is 13.8 Å². The largest absolute Gasteiger partial charge is 0.478 e. The Bertz CT molecular complexity index is 3290. The third-order valence-corrected chi connectivity index (χ3v) is 16.3. The number of aromatic carboxylic acids is 1. The predicted octanol–water partition coefficient (Wildman–Crippen LogP) is 11.4. The fourth-order valence-electron chi connectivity index (χ4n) is 10.6. The Morgan fingerprint density at radius 2 is 0.898 bits per heavy atom. The van der Waals surface area contributed by atoms with Gasteiger partial charge in [0, 0.05) is 106 Å². The molecule has 0 amide bonds. The maximum atomic E-state index is 12.3. The highest BCUT2D eigenvalue weighted by Crippen LogP contribution is 2.29. The molecule has 5 heterocycles. The van der Waals surface area contributed by atoms with Crippen molar-refractivity contribution in [2.24, 2.45) is 11.7 Å². The van der Waals surface area contributed by atoms with Gasteiger partial charge in [-0.15, -0.1) is 0 Å². The monoisotopic (exact) mass is 1420 g/mol. The number of benzene rings is 4. The highest BCUT2D eigenvalue weighted by Gasteiger charge is 2.28. The summed E-state index contributed by atoms with van der Waals surface area (Å²) in [6, 6.07) is 41.8. The zero-order valence-corrected chi connectivity index (χ0v) is 59.3. The van der Waals surface area contributed by atoms with Crippen LogP contribution in [0.5, 0.6) is 0 Å². The molecule has 0 spiro atoms. The van der Waals surface area contributed by atoms with E-state index in [1.54, 1.807) is 50.2 Å². The molecule has 0 radical (unpaired) electrons. The quantitative estimate of drug-likeness (QED) is 0.0160. The Balaban J connectivity index is 0.000000321. The van der Waals surface area contributed by atoms with Gasteiger partial charge in [-0.3, -0.25) is 43.5 Å². The first kappa shape index (κ1) is 84.4. The summed E-state index contributed by atoms with van der Waals surface area (Å²) in [4.78, 5) is 97.5. The second-order valence-corrected chi connectivity index (χ2v) is 23.4. The number of hydrogen-bond acceptors (Lipinski definition) is 18. The van der Waals surface area contributed by atoms with E-state index in [2.05, 4.69) is 56.6 Å². The van der Waals surface area contributed by atoms with Gasteiger partial charge in [-0.05, 0) is 104 Å². The van der Waals surface area contributed by atoms with Crippen LogP contribution >= 0.6 is 15.9 Å². The molecule has 0 bridgehead atoms. The second kappa shape index (κ2) is 48.8. The number of rotatable bonds is 27. The lowest BCUT2D eigenvalue weighted by Gasteiger charge is -2.26. The van der Waals surface area contributed by atoms with Crippen LogP contribution in [-0.4, -0.2) is 206 Å². The average molecular weight is 1420 g/mol. The Morgan fingerprint density at radius 1 is 0.520 bits per heavy atom. The second-order valence-electron chi connectivity index (χ2n) is 22.8. The highest BCUT2D eigenvalue weighted by molar-refractivity contribution is 9.09. The number of Topliss-reactive ketones (excluding diaryl/α,β-unsaturated/α-hetero) is 4. The van der Waals surface area contributed by atoms with Crippen LogP contribution in [0.25, 0.3) is 22.5 Å². The molecule has 3 N–H and O–H groups in total. The van der Waals surface area contributed by atoms with Gasteiger partial charge in [-0.2, -0.15) is 0 Å². The van der Waals surface area contributed by atoms with Gasteiger partial charge >= 0.3 is 23.9 Å². The Hall–Kier alpha value is -7.80. The number of halogens is 1. The number of aromatic nitrogens is 2. The summed E-state index contributed by atoms with van der Waals surface area (Å²) in [5.41, 5.74) is 13.7. The first-order valence-electron chi connectivity index (χ1n) is 33.4. The van der Waals surface area contributed by atoms with E-state index in [9.17, 15) is 43.5 Å². The number of alkyl halides is 1. The van der Waals surface area contributed by atoms with E-state index in [0.29, 0.717) is 35.2 Å². The third-order valence-electron chi connectivity index (χ3n) is 15.8. The minimum atomic E-state index is -1.00. The third kappa shape index (κ3) is 31.0. The molecular formula is C76H105BrN6O15. The summed E-state index contributed by atoms with van der Waals surface area (Å²) in [5, 5.41) is 9.84.